The number of nitrogens with zero attached hydrogens (tertiary/aromatic N) is 3. The Balaban J connectivity index is 1.45. The molecule has 4 rings (SSSR count). The van der Waals surface area contributed by atoms with Gasteiger partial charge in [-0.15, -0.1) is 0 Å². The molecule has 0 unspecified atom stereocenters. The number of hydrogen-bond donors (Lipinski definition) is 1. The lowest BCUT2D eigenvalue weighted by molar-refractivity contribution is -0.158. The highest BCUT2D eigenvalue weighted by molar-refractivity contribution is 5.96. The van der Waals surface area contributed by atoms with E-state index >= 15 is 0 Å². The van der Waals surface area contributed by atoms with Crippen LogP contribution in [0.3, 0.4) is 0 Å². The third kappa shape index (κ3) is 8.64. The maximum atomic E-state index is 14.0. The van der Waals surface area contributed by atoms with E-state index in [1.807, 2.05) is 52.0 Å². The van der Waals surface area contributed by atoms with Crippen LogP contribution in [-0.2, 0) is 30.3 Å². The van der Waals surface area contributed by atoms with Gasteiger partial charge >= 0.3 is 5.97 Å². The molecule has 47 heavy (non-hydrogen) atoms. The molecular weight excluding hydrogens is 592 g/mol. The van der Waals surface area contributed by atoms with Gasteiger partial charge in [0.15, 0.2) is 0 Å². The van der Waals surface area contributed by atoms with Gasteiger partial charge in [-0.1, -0.05) is 64.5 Å². The van der Waals surface area contributed by atoms with Crippen LogP contribution in [0.2, 0.25) is 0 Å². The Morgan fingerprint density at radius 1 is 0.894 bits per heavy atom. The summed E-state index contributed by atoms with van der Waals surface area (Å²) in [7, 11) is 1.75. The van der Waals surface area contributed by atoms with Crippen LogP contribution in [0.25, 0.3) is 0 Å². The summed E-state index contributed by atoms with van der Waals surface area (Å²) in [6, 6.07) is 6.45. The number of benzene rings is 1. The van der Waals surface area contributed by atoms with Crippen molar-refractivity contribution in [2.75, 3.05) is 20.1 Å². The van der Waals surface area contributed by atoms with Gasteiger partial charge < -0.3 is 19.9 Å². The molecule has 0 aromatic heterocycles. The molecule has 2 heterocycles. The van der Waals surface area contributed by atoms with Crippen LogP contribution in [0.4, 0.5) is 0 Å². The van der Waals surface area contributed by atoms with Gasteiger partial charge in [0.2, 0.25) is 17.7 Å². The van der Waals surface area contributed by atoms with Crippen molar-refractivity contribution in [1.29, 1.82) is 0 Å². The predicted octanol–water partition coefficient (Wildman–Crippen LogP) is 5.43. The molecule has 0 bridgehead atoms. The molecule has 2 fully saturated rings. The molecule has 0 radical (unpaired) electrons. The fraction of sp³-hybridized carbons (Fsp3) is 0.684. The lowest BCUT2D eigenvalue weighted by Gasteiger charge is -2.39. The van der Waals surface area contributed by atoms with Crippen LogP contribution >= 0.6 is 0 Å². The number of carbonyl (C=O) groups is 4. The summed E-state index contributed by atoms with van der Waals surface area (Å²) in [6.45, 7) is 15.3. The second-order valence-electron chi connectivity index (χ2n) is 14.8. The number of aryl methyl sites for hydroxylation is 1. The Labute approximate surface area is 282 Å². The highest BCUT2D eigenvalue weighted by atomic mass is 16.5. The number of ether oxygens (including phenoxy) is 1. The molecule has 5 atom stereocenters. The summed E-state index contributed by atoms with van der Waals surface area (Å²) in [5.74, 6) is -0.925. The lowest BCUT2D eigenvalue weighted by Crippen LogP contribution is -2.58. The molecule has 9 nitrogen and oxygen atoms in total. The number of fused-ring (bicyclic) bond motifs is 1. The molecule has 3 aliphatic rings. The SMILES string of the molecule is C/C(=C\[C@H](C(C)C)N(C)C(=O)[C@@H](NC(=O)[C@H]1CCCCN1C(C)C)C(C)C)C(=O)N1CCC[C@H]1C(=O)O[C@@H]1CCCc2ccccc21. The Morgan fingerprint density at radius 3 is 2.28 bits per heavy atom. The van der Waals surface area contributed by atoms with E-state index in [2.05, 4.69) is 30.1 Å². The minimum atomic E-state index is -0.684. The zero-order chi connectivity index (χ0) is 34.4. The number of carbonyl (C=O) groups excluding carboxylic acids is 4. The zero-order valence-corrected chi connectivity index (χ0v) is 30.0. The van der Waals surface area contributed by atoms with Crippen molar-refractivity contribution >= 4 is 23.7 Å². The Kier molecular flexibility index (Phi) is 12.7. The summed E-state index contributed by atoms with van der Waals surface area (Å²) >= 11 is 0. The molecule has 2 saturated heterocycles. The summed E-state index contributed by atoms with van der Waals surface area (Å²) in [6.07, 6.45) is 8.47. The van der Waals surface area contributed by atoms with E-state index in [0.717, 1.165) is 57.1 Å². The summed E-state index contributed by atoms with van der Waals surface area (Å²) in [5.41, 5.74) is 2.78. The highest BCUT2D eigenvalue weighted by Crippen LogP contribution is 2.34. The summed E-state index contributed by atoms with van der Waals surface area (Å²) < 4.78 is 6.05. The largest absolute Gasteiger partial charge is 0.456 e. The third-order valence-electron chi connectivity index (χ3n) is 10.3. The first-order valence-corrected chi connectivity index (χ1v) is 17.9. The molecule has 0 spiro atoms. The molecule has 260 valence electrons. The topological polar surface area (TPSA) is 99.3 Å². The second-order valence-corrected chi connectivity index (χ2v) is 14.8. The Hall–Kier alpha value is -3.20. The fourth-order valence-corrected chi connectivity index (χ4v) is 7.59. The predicted molar refractivity (Wildman–Crippen MR) is 184 cm³/mol. The standard InChI is InChI=1S/C38H58N4O5/c1-24(2)32(40(8)37(45)34(25(3)4)39-35(43)30-18-11-12-21-41(30)26(5)6)23-27(7)36(44)42-22-14-19-31(42)38(46)47-33-20-13-16-28-15-9-10-17-29(28)33/h9-10,15,17,23-26,30-34H,11-14,16,18-22H2,1-8H3,(H,39,43)/b27-23+/t30-,31+,32-,33-,34+/m1/s1. The van der Waals surface area contributed by atoms with Crippen LogP contribution in [0.15, 0.2) is 35.9 Å². The van der Waals surface area contributed by atoms with Gasteiger partial charge in [-0.05, 0) is 95.2 Å². The first kappa shape index (κ1) is 36.6. The number of likely N-dealkylation sites (N-methyl/N-ethyl adjacent to an activating group) is 1. The molecule has 1 aromatic rings. The van der Waals surface area contributed by atoms with Gasteiger partial charge in [-0.3, -0.25) is 19.3 Å². The third-order valence-corrected chi connectivity index (χ3v) is 10.3. The molecule has 1 aromatic carbocycles. The van der Waals surface area contributed by atoms with Crippen molar-refractivity contribution in [3.8, 4) is 0 Å². The smallest absolute Gasteiger partial charge is 0.329 e. The van der Waals surface area contributed by atoms with Crippen molar-refractivity contribution in [3.63, 3.8) is 0 Å². The second kappa shape index (κ2) is 16.3. The van der Waals surface area contributed by atoms with Gasteiger partial charge in [-0.2, -0.15) is 0 Å². The quantitative estimate of drug-likeness (QED) is 0.253. The van der Waals surface area contributed by atoms with Crippen LogP contribution in [0, 0.1) is 11.8 Å². The monoisotopic (exact) mass is 650 g/mol. The first-order chi connectivity index (χ1) is 22.3. The molecule has 3 amide bonds. The molecule has 1 aliphatic carbocycles. The molecular formula is C38H58N4O5. The number of esters is 1. The first-order valence-electron chi connectivity index (χ1n) is 17.9. The van der Waals surface area contributed by atoms with E-state index in [-0.39, 0.29) is 59.8 Å². The van der Waals surface area contributed by atoms with E-state index in [4.69, 9.17) is 4.74 Å². The van der Waals surface area contributed by atoms with Crippen molar-refractivity contribution in [2.45, 2.75) is 136 Å². The van der Waals surface area contributed by atoms with Crippen molar-refractivity contribution in [1.82, 2.24) is 20.0 Å². The molecule has 2 aliphatic heterocycles. The van der Waals surface area contributed by atoms with Crippen LogP contribution < -0.4 is 5.32 Å². The lowest BCUT2D eigenvalue weighted by atomic mass is 9.89. The fourth-order valence-electron chi connectivity index (χ4n) is 7.59. The van der Waals surface area contributed by atoms with Crippen LogP contribution in [0.5, 0.6) is 0 Å². The number of piperidine rings is 1. The molecule has 1 N–H and O–H groups in total. The summed E-state index contributed by atoms with van der Waals surface area (Å²) in [5, 5.41) is 3.11. The van der Waals surface area contributed by atoms with Gasteiger partial charge in [0.25, 0.3) is 0 Å². The van der Waals surface area contributed by atoms with Crippen molar-refractivity contribution in [2.24, 2.45) is 11.8 Å². The van der Waals surface area contributed by atoms with Crippen molar-refractivity contribution < 1.29 is 23.9 Å². The average Bonchev–Trinajstić information content (AvgIpc) is 3.55. The zero-order valence-electron chi connectivity index (χ0n) is 30.0. The van der Waals surface area contributed by atoms with Crippen LogP contribution in [-0.4, -0.2) is 88.7 Å². The Morgan fingerprint density at radius 2 is 1.60 bits per heavy atom. The average molecular weight is 651 g/mol. The van der Waals surface area contributed by atoms with E-state index < -0.39 is 12.1 Å². The maximum absolute atomic E-state index is 14.0. The highest BCUT2D eigenvalue weighted by Gasteiger charge is 2.39. The summed E-state index contributed by atoms with van der Waals surface area (Å²) in [4.78, 5) is 60.4. The van der Waals surface area contributed by atoms with Gasteiger partial charge in [-0.25, -0.2) is 4.79 Å². The number of nitrogens with one attached hydrogen (secondary N) is 1. The number of rotatable bonds is 11. The van der Waals surface area contributed by atoms with E-state index in [0.29, 0.717) is 18.5 Å². The van der Waals surface area contributed by atoms with Crippen molar-refractivity contribution in [3.05, 3.63) is 47.0 Å². The van der Waals surface area contributed by atoms with Crippen LogP contribution in [0.1, 0.15) is 111 Å². The van der Waals surface area contributed by atoms with Gasteiger partial charge in [0.1, 0.15) is 18.2 Å². The molecule has 0 saturated carbocycles. The number of likely N-dealkylation sites (tertiary alicyclic amines) is 2. The minimum Gasteiger partial charge on any atom is -0.456 e. The van der Waals surface area contributed by atoms with E-state index in [1.165, 1.54) is 5.56 Å². The van der Waals surface area contributed by atoms with E-state index in [1.54, 1.807) is 23.8 Å². The number of amides is 3. The minimum absolute atomic E-state index is 0.00991. The number of hydrogen-bond acceptors (Lipinski definition) is 6. The van der Waals surface area contributed by atoms with Gasteiger partial charge in [0.05, 0.1) is 12.1 Å². The molecule has 9 heteroatoms. The van der Waals surface area contributed by atoms with Gasteiger partial charge in [0, 0.05) is 25.2 Å². The van der Waals surface area contributed by atoms with E-state index in [9.17, 15) is 19.2 Å². The maximum Gasteiger partial charge on any atom is 0.329 e. The normalized spacial score (nSPS) is 23.4. The Bertz CT molecular complexity index is 1310.